The van der Waals surface area contributed by atoms with Crippen LogP contribution in [-0.4, -0.2) is 23.2 Å². The summed E-state index contributed by atoms with van der Waals surface area (Å²) in [6, 6.07) is 0. The van der Waals surface area contributed by atoms with Gasteiger partial charge in [-0.15, -0.1) is 11.3 Å². The van der Waals surface area contributed by atoms with Gasteiger partial charge in [0.1, 0.15) is 6.61 Å². The van der Waals surface area contributed by atoms with Crippen molar-refractivity contribution in [3.8, 4) is 0 Å². The maximum atomic E-state index is 11.7. The molecule has 0 bridgehead atoms. The minimum absolute atomic E-state index is 0.0577. The van der Waals surface area contributed by atoms with Crippen molar-refractivity contribution in [1.29, 1.82) is 0 Å². The Hall–Kier alpha value is -0.910. The Labute approximate surface area is 99.2 Å². The van der Waals surface area contributed by atoms with E-state index < -0.39 is 5.60 Å². The first-order valence-electron chi connectivity index (χ1n) is 5.00. The highest BCUT2D eigenvalue weighted by molar-refractivity contribution is 7.12. The molecule has 0 spiro atoms. The second-order valence-corrected chi connectivity index (χ2v) is 5.28. The third-order valence-corrected chi connectivity index (χ3v) is 3.28. The molecule has 90 valence electrons. The molecule has 0 aliphatic carbocycles. The van der Waals surface area contributed by atoms with E-state index in [4.69, 9.17) is 4.84 Å². The molecule has 0 radical (unpaired) electrons. The smallest absolute Gasteiger partial charge is 0.285 e. The Bertz CT molecular complexity index is 379. The van der Waals surface area contributed by atoms with E-state index in [0.29, 0.717) is 4.88 Å². The van der Waals surface area contributed by atoms with Crippen LogP contribution in [-0.2, 0) is 4.84 Å². The van der Waals surface area contributed by atoms with Gasteiger partial charge in [-0.2, -0.15) is 0 Å². The average Bonchev–Trinajstić information content (AvgIpc) is 2.45. The number of carbonyl (C=O) groups excluding carboxylic acids is 1. The molecule has 0 saturated heterocycles. The van der Waals surface area contributed by atoms with Gasteiger partial charge in [0.25, 0.3) is 5.91 Å². The molecule has 0 aliphatic heterocycles. The second kappa shape index (κ2) is 4.95. The van der Waals surface area contributed by atoms with Gasteiger partial charge in [-0.1, -0.05) is 0 Å². The van der Waals surface area contributed by atoms with E-state index in [1.807, 2.05) is 19.2 Å². The molecule has 0 saturated carbocycles. The van der Waals surface area contributed by atoms with Crippen molar-refractivity contribution in [2.45, 2.75) is 33.3 Å². The third kappa shape index (κ3) is 3.59. The van der Waals surface area contributed by atoms with Gasteiger partial charge in [-0.25, -0.2) is 5.48 Å². The first-order valence-corrected chi connectivity index (χ1v) is 5.88. The summed E-state index contributed by atoms with van der Waals surface area (Å²) >= 11 is 1.39. The zero-order valence-corrected chi connectivity index (χ0v) is 10.8. The number of aliphatic hydroxyl groups is 1. The van der Waals surface area contributed by atoms with Gasteiger partial charge in [0, 0.05) is 0 Å². The van der Waals surface area contributed by atoms with Crippen LogP contribution < -0.4 is 5.48 Å². The highest BCUT2D eigenvalue weighted by atomic mass is 32.1. The third-order valence-electron chi connectivity index (χ3n) is 2.08. The lowest BCUT2D eigenvalue weighted by atomic mass is 10.2. The van der Waals surface area contributed by atoms with E-state index in [1.54, 1.807) is 13.8 Å². The topological polar surface area (TPSA) is 58.6 Å². The number of thiophene rings is 1. The molecule has 5 heteroatoms. The summed E-state index contributed by atoms with van der Waals surface area (Å²) in [4.78, 5) is 17.2. The highest BCUT2D eigenvalue weighted by Gasteiger charge is 2.16. The summed E-state index contributed by atoms with van der Waals surface area (Å²) < 4.78 is 0. The zero-order chi connectivity index (χ0) is 12.3. The van der Waals surface area contributed by atoms with Crippen molar-refractivity contribution in [1.82, 2.24) is 5.48 Å². The van der Waals surface area contributed by atoms with Crippen LogP contribution in [0.4, 0.5) is 0 Å². The van der Waals surface area contributed by atoms with Crippen molar-refractivity contribution in [3.63, 3.8) is 0 Å². The molecule has 16 heavy (non-hydrogen) atoms. The van der Waals surface area contributed by atoms with Crippen molar-refractivity contribution in [2.24, 2.45) is 0 Å². The second-order valence-electron chi connectivity index (χ2n) is 4.41. The largest absolute Gasteiger partial charge is 0.388 e. The van der Waals surface area contributed by atoms with E-state index in [-0.39, 0.29) is 12.5 Å². The van der Waals surface area contributed by atoms with Crippen LogP contribution in [0.15, 0.2) is 5.38 Å². The molecule has 0 aromatic carbocycles. The summed E-state index contributed by atoms with van der Waals surface area (Å²) in [5.41, 5.74) is 3.43. The van der Waals surface area contributed by atoms with Crippen LogP contribution >= 0.6 is 11.3 Å². The quantitative estimate of drug-likeness (QED) is 0.793. The summed E-state index contributed by atoms with van der Waals surface area (Å²) in [5.74, 6) is -0.264. The lowest BCUT2D eigenvalue weighted by Crippen LogP contribution is -2.33. The number of nitrogens with one attached hydrogen (secondary N) is 1. The summed E-state index contributed by atoms with van der Waals surface area (Å²) in [6.45, 7) is 7.14. The van der Waals surface area contributed by atoms with E-state index in [1.165, 1.54) is 11.3 Å². The summed E-state index contributed by atoms with van der Waals surface area (Å²) in [7, 11) is 0. The number of hydroxylamine groups is 1. The number of rotatable bonds is 4. The first-order chi connectivity index (χ1) is 7.31. The van der Waals surface area contributed by atoms with Crippen molar-refractivity contribution in [2.75, 3.05) is 6.61 Å². The van der Waals surface area contributed by atoms with Gasteiger partial charge in [-0.3, -0.25) is 9.63 Å². The summed E-state index contributed by atoms with van der Waals surface area (Å²) in [5, 5.41) is 11.3. The van der Waals surface area contributed by atoms with Gasteiger partial charge < -0.3 is 5.11 Å². The Morgan fingerprint density at radius 1 is 1.56 bits per heavy atom. The summed E-state index contributed by atoms with van der Waals surface area (Å²) in [6.07, 6.45) is 0. The number of amides is 1. The molecule has 4 nitrogen and oxygen atoms in total. The Morgan fingerprint density at radius 3 is 2.62 bits per heavy atom. The van der Waals surface area contributed by atoms with Gasteiger partial charge in [0.2, 0.25) is 0 Å². The Balaban J connectivity index is 2.51. The van der Waals surface area contributed by atoms with Crippen LogP contribution in [0.3, 0.4) is 0 Å². The van der Waals surface area contributed by atoms with Crippen LogP contribution in [0, 0.1) is 13.8 Å². The molecule has 0 unspecified atom stereocenters. The van der Waals surface area contributed by atoms with Gasteiger partial charge in [0.15, 0.2) is 0 Å². The minimum atomic E-state index is -0.951. The van der Waals surface area contributed by atoms with Crippen LogP contribution in [0.1, 0.15) is 34.6 Å². The molecular formula is C11H17NO3S. The average molecular weight is 243 g/mol. The Morgan fingerprint density at radius 2 is 2.19 bits per heavy atom. The van der Waals surface area contributed by atoms with E-state index in [0.717, 1.165) is 11.1 Å². The molecule has 1 aromatic rings. The number of aryl methyl sites for hydroxylation is 1. The number of carbonyl (C=O) groups is 1. The molecule has 0 fully saturated rings. The minimum Gasteiger partial charge on any atom is -0.388 e. The molecule has 0 atom stereocenters. The molecular weight excluding hydrogens is 226 g/mol. The van der Waals surface area contributed by atoms with E-state index in [2.05, 4.69) is 5.48 Å². The molecule has 1 amide bonds. The lowest BCUT2D eigenvalue weighted by Gasteiger charge is -2.16. The predicted molar refractivity (Wildman–Crippen MR) is 63.5 cm³/mol. The van der Waals surface area contributed by atoms with Gasteiger partial charge in [0.05, 0.1) is 10.5 Å². The maximum absolute atomic E-state index is 11.7. The van der Waals surface area contributed by atoms with Crippen LogP contribution in [0.5, 0.6) is 0 Å². The fourth-order valence-electron chi connectivity index (χ4n) is 1.05. The normalized spacial score (nSPS) is 11.6. The number of hydrogen-bond donors (Lipinski definition) is 2. The standard InChI is InChI=1S/C11H17NO3S/c1-7-5-16-9(8(7)2)10(13)12-15-6-11(3,4)14/h5,14H,6H2,1-4H3,(H,12,13). The molecule has 1 aromatic heterocycles. The monoisotopic (exact) mass is 243 g/mol. The van der Waals surface area contributed by atoms with Crippen molar-refractivity contribution >= 4 is 17.2 Å². The van der Waals surface area contributed by atoms with Crippen LogP contribution in [0.25, 0.3) is 0 Å². The molecule has 1 heterocycles. The number of hydrogen-bond acceptors (Lipinski definition) is 4. The molecule has 1 rings (SSSR count). The SMILES string of the molecule is Cc1csc(C(=O)NOCC(C)(C)O)c1C. The van der Waals surface area contributed by atoms with Crippen molar-refractivity contribution < 1.29 is 14.7 Å². The maximum Gasteiger partial charge on any atom is 0.285 e. The van der Waals surface area contributed by atoms with Gasteiger partial charge >= 0.3 is 0 Å². The predicted octanol–water partition coefficient (Wildman–Crippen LogP) is 1.80. The molecule has 2 N–H and O–H groups in total. The zero-order valence-electron chi connectivity index (χ0n) is 9.96. The van der Waals surface area contributed by atoms with E-state index >= 15 is 0 Å². The van der Waals surface area contributed by atoms with E-state index in [9.17, 15) is 9.90 Å². The highest BCUT2D eigenvalue weighted by Crippen LogP contribution is 2.20. The van der Waals surface area contributed by atoms with Crippen molar-refractivity contribution in [3.05, 3.63) is 21.4 Å². The van der Waals surface area contributed by atoms with Gasteiger partial charge in [-0.05, 0) is 44.2 Å². The lowest BCUT2D eigenvalue weighted by molar-refractivity contribution is -0.0521. The fraction of sp³-hybridized carbons (Fsp3) is 0.545. The Kier molecular flexibility index (Phi) is 4.07. The van der Waals surface area contributed by atoms with Crippen LogP contribution in [0.2, 0.25) is 0 Å². The fourth-order valence-corrected chi connectivity index (χ4v) is 2.01. The molecule has 0 aliphatic rings. The first kappa shape index (κ1) is 13.2.